The second-order valence-electron chi connectivity index (χ2n) is 6.36. The summed E-state index contributed by atoms with van der Waals surface area (Å²) in [5, 5.41) is 5.90. The van der Waals surface area contributed by atoms with Gasteiger partial charge < -0.3 is 20.3 Å². The Hall–Kier alpha value is -3.06. The number of carbonyl (C=O) groups excluding carboxylic acids is 3. The van der Waals surface area contributed by atoms with Crippen LogP contribution in [-0.4, -0.2) is 31.4 Å². The van der Waals surface area contributed by atoms with Crippen LogP contribution in [0.1, 0.15) is 30.1 Å². The summed E-state index contributed by atoms with van der Waals surface area (Å²) in [4.78, 5) is 38.0. The summed E-state index contributed by atoms with van der Waals surface area (Å²) in [6.07, 6.45) is 1.18. The fourth-order valence-corrected chi connectivity index (χ4v) is 3.27. The maximum atomic E-state index is 13.0. The first-order chi connectivity index (χ1) is 13.4. The first-order valence-corrected chi connectivity index (χ1v) is 9.13. The van der Waals surface area contributed by atoms with E-state index < -0.39 is 5.91 Å². The molecule has 3 amide bonds. The Bertz CT molecular complexity index is 945. The van der Waals surface area contributed by atoms with Crippen molar-refractivity contribution in [1.29, 1.82) is 0 Å². The molecule has 0 unspecified atom stereocenters. The average Bonchev–Trinajstić information content (AvgIpc) is 3.07. The number of hydrogen-bond acceptors (Lipinski definition) is 4. The second-order valence-corrected chi connectivity index (χ2v) is 6.80. The minimum Gasteiger partial charge on any atom is -0.495 e. The number of hydrogen-bond donors (Lipinski definition) is 2. The largest absolute Gasteiger partial charge is 0.495 e. The second kappa shape index (κ2) is 8.31. The van der Waals surface area contributed by atoms with Crippen molar-refractivity contribution in [2.45, 2.75) is 19.8 Å². The number of rotatable bonds is 5. The van der Waals surface area contributed by atoms with E-state index in [2.05, 4.69) is 10.6 Å². The van der Waals surface area contributed by atoms with Gasteiger partial charge in [-0.1, -0.05) is 11.6 Å². The fourth-order valence-electron chi connectivity index (χ4n) is 3.10. The van der Waals surface area contributed by atoms with Gasteiger partial charge in [-0.25, -0.2) is 0 Å². The van der Waals surface area contributed by atoms with Gasteiger partial charge in [-0.3, -0.25) is 14.4 Å². The van der Waals surface area contributed by atoms with Crippen LogP contribution in [0.3, 0.4) is 0 Å². The molecule has 28 heavy (non-hydrogen) atoms. The standard InChI is InChI=1S/C20H20ClN3O4/c1-12(25)22-14-6-8-18(28-2)16(11-14)23-20(27)15-7-5-13(21)10-17(15)24-9-3-4-19(24)26/h5-8,10-11H,3-4,9H2,1-2H3,(H,22,25)(H,23,27). The molecule has 0 aromatic heterocycles. The lowest BCUT2D eigenvalue weighted by Gasteiger charge is -2.20. The molecule has 2 aromatic rings. The molecular formula is C20H20ClN3O4. The Morgan fingerprint density at radius 1 is 1.14 bits per heavy atom. The first kappa shape index (κ1) is 19.7. The van der Waals surface area contributed by atoms with Gasteiger partial charge in [-0.15, -0.1) is 0 Å². The van der Waals surface area contributed by atoms with Gasteiger partial charge in [0.15, 0.2) is 0 Å². The highest BCUT2D eigenvalue weighted by Gasteiger charge is 2.26. The summed E-state index contributed by atoms with van der Waals surface area (Å²) in [7, 11) is 1.49. The smallest absolute Gasteiger partial charge is 0.257 e. The van der Waals surface area contributed by atoms with Gasteiger partial charge in [-0.05, 0) is 42.8 Å². The Labute approximate surface area is 167 Å². The fraction of sp³-hybridized carbons (Fsp3) is 0.250. The zero-order valence-electron chi connectivity index (χ0n) is 15.5. The van der Waals surface area contributed by atoms with Crippen molar-refractivity contribution >= 4 is 46.4 Å². The van der Waals surface area contributed by atoms with E-state index in [-0.39, 0.29) is 11.8 Å². The highest BCUT2D eigenvalue weighted by Crippen LogP contribution is 2.32. The zero-order valence-corrected chi connectivity index (χ0v) is 16.3. The van der Waals surface area contributed by atoms with Crippen molar-refractivity contribution in [3.05, 3.63) is 47.0 Å². The number of nitrogens with zero attached hydrogens (tertiary/aromatic N) is 1. The molecule has 1 fully saturated rings. The molecule has 2 N–H and O–H groups in total. The summed E-state index contributed by atoms with van der Waals surface area (Å²) >= 11 is 6.09. The molecule has 1 heterocycles. The maximum absolute atomic E-state index is 13.0. The normalized spacial score (nSPS) is 13.4. The lowest BCUT2D eigenvalue weighted by molar-refractivity contribution is -0.117. The summed E-state index contributed by atoms with van der Waals surface area (Å²) in [5.74, 6) is -0.239. The number of halogens is 1. The molecule has 1 aliphatic heterocycles. The van der Waals surface area contributed by atoms with E-state index in [4.69, 9.17) is 16.3 Å². The van der Waals surface area contributed by atoms with E-state index in [0.717, 1.165) is 6.42 Å². The lowest BCUT2D eigenvalue weighted by atomic mass is 10.1. The van der Waals surface area contributed by atoms with Crippen LogP contribution >= 0.6 is 11.6 Å². The van der Waals surface area contributed by atoms with Crippen molar-refractivity contribution < 1.29 is 19.1 Å². The van der Waals surface area contributed by atoms with E-state index >= 15 is 0 Å². The van der Waals surface area contributed by atoms with Gasteiger partial charge in [0.2, 0.25) is 11.8 Å². The van der Waals surface area contributed by atoms with Crippen molar-refractivity contribution in [2.75, 3.05) is 29.2 Å². The number of benzene rings is 2. The lowest BCUT2D eigenvalue weighted by Crippen LogP contribution is -2.27. The van der Waals surface area contributed by atoms with Gasteiger partial charge in [0, 0.05) is 30.6 Å². The van der Waals surface area contributed by atoms with E-state index in [9.17, 15) is 14.4 Å². The monoisotopic (exact) mass is 401 g/mol. The third-order valence-electron chi connectivity index (χ3n) is 4.34. The van der Waals surface area contributed by atoms with Crippen LogP contribution in [0.5, 0.6) is 5.75 Å². The van der Waals surface area contributed by atoms with Crippen molar-refractivity contribution in [1.82, 2.24) is 0 Å². The number of nitrogens with one attached hydrogen (secondary N) is 2. The summed E-state index contributed by atoms with van der Waals surface area (Å²) in [5.41, 5.74) is 1.72. The maximum Gasteiger partial charge on any atom is 0.257 e. The Morgan fingerprint density at radius 2 is 1.93 bits per heavy atom. The molecule has 2 aromatic carbocycles. The molecule has 7 nitrogen and oxygen atoms in total. The van der Waals surface area contributed by atoms with E-state index in [1.54, 1.807) is 41.3 Å². The van der Waals surface area contributed by atoms with Crippen LogP contribution in [0.2, 0.25) is 5.02 Å². The van der Waals surface area contributed by atoms with Crippen molar-refractivity contribution in [2.24, 2.45) is 0 Å². The zero-order chi connectivity index (χ0) is 20.3. The summed E-state index contributed by atoms with van der Waals surface area (Å²) in [6, 6.07) is 9.73. The Morgan fingerprint density at radius 3 is 2.57 bits per heavy atom. The van der Waals surface area contributed by atoms with Crippen molar-refractivity contribution in [3.8, 4) is 5.75 Å². The first-order valence-electron chi connectivity index (χ1n) is 8.76. The van der Waals surface area contributed by atoms with Crippen molar-refractivity contribution in [3.63, 3.8) is 0 Å². The summed E-state index contributed by atoms with van der Waals surface area (Å²) in [6.45, 7) is 1.94. The van der Waals surface area contributed by atoms with Gasteiger partial charge in [-0.2, -0.15) is 0 Å². The molecule has 0 atom stereocenters. The van der Waals surface area contributed by atoms with E-state index in [0.29, 0.717) is 46.4 Å². The SMILES string of the molecule is COc1ccc(NC(C)=O)cc1NC(=O)c1ccc(Cl)cc1N1CCCC1=O. The molecule has 0 aliphatic carbocycles. The topological polar surface area (TPSA) is 87.7 Å². The molecule has 0 spiro atoms. The minimum atomic E-state index is -0.412. The highest BCUT2D eigenvalue weighted by atomic mass is 35.5. The quantitative estimate of drug-likeness (QED) is 0.799. The van der Waals surface area contributed by atoms with Crippen LogP contribution in [-0.2, 0) is 9.59 Å². The van der Waals surface area contributed by atoms with Crippen LogP contribution < -0.4 is 20.3 Å². The Balaban J connectivity index is 1.93. The molecule has 1 saturated heterocycles. The molecule has 1 aliphatic rings. The number of anilines is 3. The predicted octanol–water partition coefficient (Wildman–Crippen LogP) is 3.69. The third-order valence-corrected chi connectivity index (χ3v) is 4.57. The van der Waals surface area contributed by atoms with Gasteiger partial charge >= 0.3 is 0 Å². The number of ether oxygens (including phenoxy) is 1. The van der Waals surface area contributed by atoms with Crippen LogP contribution in [0.15, 0.2) is 36.4 Å². The third kappa shape index (κ3) is 4.26. The molecule has 0 bridgehead atoms. The van der Waals surface area contributed by atoms with Crippen LogP contribution in [0.4, 0.5) is 17.1 Å². The van der Waals surface area contributed by atoms with Crippen LogP contribution in [0.25, 0.3) is 0 Å². The molecule has 0 saturated carbocycles. The molecule has 8 heteroatoms. The number of amides is 3. The molecule has 146 valence electrons. The van der Waals surface area contributed by atoms with Crippen LogP contribution in [0, 0.1) is 0 Å². The van der Waals surface area contributed by atoms with Gasteiger partial charge in [0.1, 0.15) is 5.75 Å². The molecular weight excluding hydrogens is 382 g/mol. The van der Waals surface area contributed by atoms with E-state index in [1.165, 1.54) is 14.0 Å². The highest BCUT2D eigenvalue weighted by molar-refractivity contribution is 6.31. The Kier molecular flexibility index (Phi) is 5.84. The minimum absolute atomic E-state index is 0.0402. The number of methoxy groups -OCH3 is 1. The summed E-state index contributed by atoms with van der Waals surface area (Å²) < 4.78 is 5.30. The van der Waals surface area contributed by atoms with Gasteiger partial charge in [0.05, 0.1) is 24.0 Å². The molecule has 3 rings (SSSR count). The average molecular weight is 402 g/mol. The van der Waals surface area contributed by atoms with Gasteiger partial charge in [0.25, 0.3) is 5.91 Å². The predicted molar refractivity (Wildman–Crippen MR) is 108 cm³/mol. The number of carbonyl (C=O) groups is 3. The molecule has 0 radical (unpaired) electrons. The van der Waals surface area contributed by atoms with E-state index in [1.807, 2.05) is 0 Å².